The molecule has 3 atom stereocenters. The van der Waals surface area contributed by atoms with E-state index < -0.39 is 28.3 Å². The number of sulfonamides is 1. The topological polar surface area (TPSA) is 147 Å². The number of rotatable bonds is 15. The summed E-state index contributed by atoms with van der Waals surface area (Å²) in [6.45, 7) is 4.41. The van der Waals surface area contributed by atoms with Gasteiger partial charge in [0.2, 0.25) is 10.0 Å². The fourth-order valence-corrected chi connectivity index (χ4v) is 6.54. The molecule has 11 nitrogen and oxygen atoms in total. The van der Waals surface area contributed by atoms with Crippen LogP contribution >= 0.6 is 11.8 Å². The van der Waals surface area contributed by atoms with Gasteiger partial charge in [0.05, 0.1) is 35.2 Å². The number of hydrogen-bond acceptors (Lipinski definition) is 9. The summed E-state index contributed by atoms with van der Waals surface area (Å²) in [5.41, 5.74) is 1.83. The third-order valence-electron chi connectivity index (χ3n) is 6.28. The predicted octanol–water partition coefficient (Wildman–Crippen LogP) is 3.60. The minimum atomic E-state index is -4.02. The van der Waals surface area contributed by atoms with Gasteiger partial charge in [0.1, 0.15) is 12.4 Å². The molecule has 220 valence electrons. The van der Waals surface area contributed by atoms with Crippen molar-refractivity contribution in [3.8, 4) is 17.2 Å². The van der Waals surface area contributed by atoms with Crippen LogP contribution in [0.15, 0.2) is 58.5 Å². The summed E-state index contributed by atoms with van der Waals surface area (Å²) in [6, 6.07) is 10.4. The van der Waals surface area contributed by atoms with Crippen LogP contribution in [-0.4, -0.2) is 80.5 Å². The lowest BCUT2D eigenvalue weighted by Crippen LogP contribution is -2.51. The highest BCUT2D eigenvalue weighted by Crippen LogP contribution is 2.30. The van der Waals surface area contributed by atoms with Gasteiger partial charge >= 0.3 is 6.09 Å². The number of carbonyl (C=O) groups is 1. The van der Waals surface area contributed by atoms with Crippen molar-refractivity contribution < 1.29 is 37.6 Å². The smallest absolute Gasteiger partial charge is 0.404 e. The van der Waals surface area contributed by atoms with Crippen molar-refractivity contribution in [1.29, 1.82) is 0 Å². The Morgan fingerprint density at radius 1 is 1.20 bits per heavy atom. The number of nitrogens with zero attached hydrogens (tertiary/aromatic N) is 1. The van der Waals surface area contributed by atoms with Gasteiger partial charge in [-0.25, -0.2) is 13.2 Å². The summed E-state index contributed by atoms with van der Waals surface area (Å²) in [5.74, 6) is 0.524. The molecule has 0 radical (unpaired) electrons. The van der Waals surface area contributed by atoms with Gasteiger partial charge in [0.25, 0.3) is 0 Å². The second-order valence-corrected chi connectivity index (χ2v) is 12.4. The third kappa shape index (κ3) is 8.43. The molecule has 0 fully saturated rings. The maximum atomic E-state index is 13.5. The maximum Gasteiger partial charge on any atom is 0.404 e. The Balaban J connectivity index is 1.76. The highest BCUT2D eigenvalue weighted by Gasteiger charge is 2.32. The maximum absolute atomic E-state index is 13.5. The average molecular weight is 596 g/mol. The average Bonchev–Trinajstić information content (AvgIpc) is 3.35. The van der Waals surface area contributed by atoms with Crippen molar-refractivity contribution in [3.63, 3.8) is 0 Å². The molecule has 2 aromatic carbocycles. The van der Waals surface area contributed by atoms with Gasteiger partial charge in [-0.1, -0.05) is 19.1 Å². The zero-order valence-electron chi connectivity index (χ0n) is 23.0. The molecule has 0 bridgehead atoms. The number of carboxylic acid groups (broad SMARTS) is 1. The highest BCUT2D eigenvalue weighted by atomic mass is 32.2. The van der Waals surface area contributed by atoms with Gasteiger partial charge in [-0.2, -0.15) is 4.31 Å². The summed E-state index contributed by atoms with van der Waals surface area (Å²) in [7, 11) is -1.26. The Bertz CT molecular complexity index is 1270. The second-order valence-electron chi connectivity index (χ2n) is 9.23. The Morgan fingerprint density at radius 3 is 2.50 bits per heavy atom. The van der Waals surface area contributed by atoms with Crippen LogP contribution in [0.3, 0.4) is 0 Å². The van der Waals surface area contributed by atoms with Crippen LogP contribution in [0.5, 0.6) is 17.2 Å². The lowest BCUT2D eigenvalue weighted by molar-refractivity contribution is 0.0529. The fourth-order valence-electron chi connectivity index (χ4n) is 4.25. The number of methoxy groups -OCH3 is 2. The third-order valence-corrected chi connectivity index (χ3v) is 9.09. The SMILES string of the molecule is CCCN(CC(OC)[C@H](Cc1ccc(OCC2=CSC(C)N2)cc1)NC(=O)O)S(=O)(=O)c1ccc(O)c(OC)c1. The molecule has 0 saturated carbocycles. The van der Waals surface area contributed by atoms with E-state index in [1.807, 2.05) is 36.6 Å². The zero-order valence-corrected chi connectivity index (χ0v) is 24.6. The van der Waals surface area contributed by atoms with Gasteiger partial charge < -0.3 is 35.1 Å². The number of benzene rings is 2. The van der Waals surface area contributed by atoms with Gasteiger partial charge in [-0.3, -0.25) is 0 Å². The standard InChI is InChI=1S/C27H37N3O8S2/c1-5-12-30(40(34,35)22-10-11-24(31)25(14-22)36-3)15-26(37-4)23(29-27(32)33)13-19-6-8-21(9-7-19)38-16-20-17-39-18(2)28-20/h6-11,14,17-18,23,26,28-29,31H,5,12-13,15-16H2,1-4H3,(H,32,33)/t18?,23-,26?/m0/s1. The molecule has 40 heavy (non-hydrogen) atoms. The Morgan fingerprint density at radius 2 is 1.93 bits per heavy atom. The van der Waals surface area contributed by atoms with E-state index in [1.165, 1.54) is 36.7 Å². The molecule has 0 spiro atoms. The molecule has 13 heteroatoms. The molecule has 2 aromatic rings. The summed E-state index contributed by atoms with van der Waals surface area (Å²) in [5, 5.41) is 27.6. The van der Waals surface area contributed by atoms with Crippen molar-refractivity contribution in [2.75, 3.05) is 33.9 Å². The normalized spacial score (nSPS) is 16.6. The second kappa shape index (κ2) is 14.5. The van der Waals surface area contributed by atoms with Gasteiger partial charge in [-0.15, -0.1) is 11.8 Å². The van der Waals surface area contributed by atoms with E-state index in [1.54, 1.807) is 11.8 Å². The van der Waals surface area contributed by atoms with Crippen molar-refractivity contribution in [2.24, 2.45) is 0 Å². The van der Waals surface area contributed by atoms with Crippen LogP contribution in [0.4, 0.5) is 4.79 Å². The number of thioether (sulfide) groups is 1. The van der Waals surface area contributed by atoms with Gasteiger partial charge in [-0.05, 0) is 55.0 Å². The van der Waals surface area contributed by atoms with Crippen LogP contribution in [0.1, 0.15) is 25.8 Å². The van der Waals surface area contributed by atoms with Crippen molar-refractivity contribution >= 4 is 27.9 Å². The van der Waals surface area contributed by atoms with E-state index >= 15 is 0 Å². The number of ether oxygens (including phenoxy) is 3. The van der Waals surface area contributed by atoms with Gasteiger partial charge in [0.15, 0.2) is 11.5 Å². The Hall–Kier alpha value is -3.13. The Labute approximate surface area is 239 Å². The summed E-state index contributed by atoms with van der Waals surface area (Å²) in [6.07, 6.45) is -1.26. The van der Waals surface area contributed by atoms with E-state index in [0.29, 0.717) is 24.2 Å². The first-order chi connectivity index (χ1) is 19.1. The molecule has 0 saturated heterocycles. The van der Waals surface area contributed by atoms with Crippen molar-refractivity contribution in [3.05, 3.63) is 59.1 Å². The monoisotopic (exact) mass is 595 g/mol. The largest absolute Gasteiger partial charge is 0.504 e. The van der Waals surface area contributed by atoms with Crippen LogP contribution in [0.2, 0.25) is 0 Å². The zero-order chi connectivity index (χ0) is 29.3. The molecule has 1 aliphatic rings. The minimum Gasteiger partial charge on any atom is -0.504 e. The molecule has 4 N–H and O–H groups in total. The number of phenolic OH excluding ortho intramolecular Hbond substituents is 1. The van der Waals surface area contributed by atoms with Gasteiger partial charge in [0, 0.05) is 26.3 Å². The number of phenols is 1. The van der Waals surface area contributed by atoms with E-state index in [9.17, 15) is 23.4 Å². The fraction of sp³-hybridized carbons (Fsp3) is 0.444. The van der Waals surface area contributed by atoms with E-state index in [0.717, 1.165) is 11.3 Å². The first-order valence-electron chi connectivity index (χ1n) is 12.8. The lowest BCUT2D eigenvalue weighted by atomic mass is 10.0. The Kier molecular flexibility index (Phi) is 11.4. The first-order valence-corrected chi connectivity index (χ1v) is 15.2. The van der Waals surface area contributed by atoms with Crippen LogP contribution in [0.25, 0.3) is 0 Å². The summed E-state index contributed by atoms with van der Waals surface area (Å²) in [4.78, 5) is 11.6. The van der Waals surface area contributed by atoms with E-state index in [-0.39, 0.29) is 35.9 Å². The summed E-state index contributed by atoms with van der Waals surface area (Å²) >= 11 is 1.69. The molecule has 1 heterocycles. The number of hydrogen-bond donors (Lipinski definition) is 4. The van der Waals surface area contributed by atoms with Crippen molar-refractivity contribution in [2.45, 2.75) is 49.1 Å². The number of aromatic hydroxyl groups is 1. The quantitative estimate of drug-likeness (QED) is 0.241. The molecular formula is C27H37N3O8S2. The number of nitrogens with one attached hydrogen (secondary N) is 2. The number of amides is 1. The molecule has 0 aliphatic carbocycles. The van der Waals surface area contributed by atoms with Crippen molar-refractivity contribution in [1.82, 2.24) is 14.9 Å². The van der Waals surface area contributed by atoms with E-state index in [2.05, 4.69) is 17.6 Å². The minimum absolute atomic E-state index is 0.0309. The molecule has 3 rings (SSSR count). The lowest BCUT2D eigenvalue weighted by Gasteiger charge is -2.31. The molecule has 0 aromatic heterocycles. The summed E-state index contributed by atoms with van der Waals surface area (Å²) < 4.78 is 44.9. The van der Waals surface area contributed by atoms with Crippen LogP contribution < -0.4 is 20.1 Å². The highest BCUT2D eigenvalue weighted by molar-refractivity contribution is 8.02. The molecule has 1 aliphatic heterocycles. The van der Waals surface area contributed by atoms with Crippen LogP contribution in [-0.2, 0) is 21.2 Å². The first kappa shape index (κ1) is 31.4. The molecular weight excluding hydrogens is 558 g/mol. The predicted molar refractivity (Wildman–Crippen MR) is 153 cm³/mol. The molecule has 1 amide bonds. The van der Waals surface area contributed by atoms with E-state index in [4.69, 9.17) is 14.2 Å². The van der Waals surface area contributed by atoms with Crippen LogP contribution in [0, 0.1) is 0 Å². The molecule has 2 unspecified atom stereocenters.